The zero-order valence-corrected chi connectivity index (χ0v) is 18.5. The first-order valence-corrected chi connectivity index (χ1v) is 9.94. The molecule has 0 aliphatic carbocycles. The van der Waals surface area contributed by atoms with E-state index in [0.717, 1.165) is 16.1 Å². The summed E-state index contributed by atoms with van der Waals surface area (Å²) in [4.78, 5) is 34.2. The number of halogens is 1. The van der Waals surface area contributed by atoms with Gasteiger partial charge in [0.1, 0.15) is 5.75 Å². The molecular weight excluding hydrogens is 476 g/mol. The van der Waals surface area contributed by atoms with Crippen LogP contribution in [0.15, 0.2) is 46.9 Å². The Balaban J connectivity index is 1.80. The summed E-state index contributed by atoms with van der Waals surface area (Å²) in [6.45, 7) is 3.86. The van der Waals surface area contributed by atoms with Crippen molar-refractivity contribution in [2.75, 3.05) is 6.61 Å². The van der Waals surface area contributed by atoms with Crippen LogP contribution in [0, 0.1) is 10.1 Å². The van der Waals surface area contributed by atoms with Gasteiger partial charge in [-0.3, -0.25) is 35.9 Å². The van der Waals surface area contributed by atoms with Gasteiger partial charge in [-0.2, -0.15) is 0 Å². The highest BCUT2D eigenvalue weighted by Gasteiger charge is 2.13. The highest BCUT2D eigenvalue weighted by molar-refractivity contribution is 9.10. The number of amides is 2. The highest BCUT2D eigenvalue weighted by Crippen LogP contribution is 2.28. The number of benzene rings is 2. The van der Waals surface area contributed by atoms with E-state index in [9.17, 15) is 19.7 Å². The summed E-state index contributed by atoms with van der Waals surface area (Å²) in [5, 5.41) is 12.9. The molecule has 0 fully saturated rings. The second kappa shape index (κ2) is 10.6. The number of nitrogens with one attached hydrogen (secondary N) is 3. The van der Waals surface area contributed by atoms with Crippen LogP contribution in [0.3, 0.4) is 0 Å². The molecule has 2 rings (SSSR count). The third kappa shape index (κ3) is 6.78. The minimum Gasteiger partial charge on any atom is -0.483 e. The van der Waals surface area contributed by atoms with Crippen molar-refractivity contribution in [3.05, 3.63) is 68.2 Å². The number of hydrazine groups is 1. The number of ether oxygens (including phenoxy) is 1. The Hall–Kier alpha value is -3.05. The van der Waals surface area contributed by atoms with Crippen LogP contribution in [0.25, 0.3) is 0 Å². The lowest BCUT2D eigenvalue weighted by Crippen LogP contribution is -2.49. The normalized spacial score (nSPS) is 10.3. The zero-order chi connectivity index (χ0) is 22.3. The van der Waals surface area contributed by atoms with Crippen LogP contribution in [-0.4, -0.2) is 28.5 Å². The minimum absolute atomic E-state index is 0.0534. The molecule has 158 valence electrons. The van der Waals surface area contributed by atoms with Gasteiger partial charge in [-0.1, -0.05) is 26.0 Å². The Kier molecular flexibility index (Phi) is 8.25. The molecule has 9 nitrogen and oxygen atoms in total. The fourth-order valence-electron chi connectivity index (χ4n) is 2.27. The van der Waals surface area contributed by atoms with E-state index in [1.165, 1.54) is 18.2 Å². The summed E-state index contributed by atoms with van der Waals surface area (Å²) in [6.07, 6.45) is 0. The smallest absolute Gasteiger partial charge is 0.276 e. The first kappa shape index (κ1) is 23.2. The fourth-order valence-corrected chi connectivity index (χ4v) is 2.92. The van der Waals surface area contributed by atoms with E-state index in [0.29, 0.717) is 11.7 Å². The van der Waals surface area contributed by atoms with Crippen molar-refractivity contribution < 1.29 is 19.2 Å². The van der Waals surface area contributed by atoms with Gasteiger partial charge in [-0.05, 0) is 57.8 Å². The SMILES string of the molecule is CC(C)c1ccc(OCC(=O)NNC(=S)NC(=O)c2cccc([N+](=O)[O-])c2)c(Br)c1. The second-order valence-corrected chi connectivity index (χ2v) is 7.66. The van der Waals surface area contributed by atoms with Crippen LogP contribution in [0.2, 0.25) is 0 Å². The number of thiocarbonyl (C=S) groups is 1. The Morgan fingerprint density at radius 3 is 2.57 bits per heavy atom. The number of non-ortho nitro benzene ring substituents is 1. The van der Waals surface area contributed by atoms with Crippen molar-refractivity contribution >= 4 is 50.8 Å². The summed E-state index contributed by atoms with van der Waals surface area (Å²) < 4.78 is 6.19. The molecule has 30 heavy (non-hydrogen) atoms. The van der Waals surface area contributed by atoms with E-state index in [1.807, 2.05) is 12.1 Å². The number of carbonyl (C=O) groups excluding carboxylic acids is 2. The molecular formula is C19H19BrN4O5S. The van der Waals surface area contributed by atoms with Gasteiger partial charge in [0.25, 0.3) is 17.5 Å². The number of nitro groups is 1. The molecule has 2 aromatic carbocycles. The van der Waals surface area contributed by atoms with Crippen molar-refractivity contribution in [3.63, 3.8) is 0 Å². The van der Waals surface area contributed by atoms with E-state index in [4.69, 9.17) is 17.0 Å². The number of nitro benzene ring substituents is 1. The van der Waals surface area contributed by atoms with Crippen LogP contribution >= 0.6 is 28.1 Å². The van der Waals surface area contributed by atoms with E-state index in [-0.39, 0.29) is 23.0 Å². The predicted octanol–water partition coefficient (Wildman–Crippen LogP) is 3.20. The molecule has 0 aromatic heterocycles. The number of hydrogen-bond donors (Lipinski definition) is 3. The van der Waals surface area contributed by atoms with Crippen LogP contribution in [0.5, 0.6) is 5.75 Å². The van der Waals surface area contributed by atoms with E-state index < -0.39 is 16.7 Å². The maximum absolute atomic E-state index is 12.1. The van der Waals surface area contributed by atoms with Gasteiger partial charge in [0.15, 0.2) is 11.7 Å². The van der Waals surface area contributed by atoms with Gasteiger partial charge in [0, 0.05) is 17.7 Å². The van der Waals surface area contributed by atoms with Crippen LogP contribution in [0.1, 0.15) is 35.7 Å². The number of hydrogen-bond acceptors (Lipinski definition) is 6. The first-order chi connectivity index (χ1) is 14.2. The Bertz CT molecular complexity index is 983. The lowest BCUT2D eigenvalue weighted by atomic mass is 10.0. The molecule has 0 radical (unpaired) electrons. The Morgan fingerprint density at radius 1 is 1.20 bits per heavy atom. The Labute approximate surface area is 186 Å². The third-order valence-electron chi connectivity index (χ3n) is 3.84. The highest BCUT2D eigenvalue weighted by atomic mass is 79.9. The van der Waals surface area contributed by atoms with Gasteiger partial charge in [0.2, 0.25) is 0 Å². The van der Waals surface area contributed by atoms with E-state index >= 15 is 0 Å². The molecule has 0 atom stereocenters. The third-order valence-corrected chi connectivity index (χ3v) is 4.67. The van der Waals surface area contributed by atoms with Gasteiger partial charge >= 0.3 is 0 Å². The molecule has 0 heterocycles. The first-order valence-electron chi connectivity index (χ1n) is 8.74. The predicted molar refractivity (Wildman–Crippen MR) is 118 cm³/mol. The summed E-state index contributed by atoms with van der Waals surface area (Å²) in [6, 6.07) is 10.8. The molecule has 2 aromatic rings. The summed E-state index contributed by atoms with van der Waals surface area (Å²) in [5.41, 5.74) is 5.63. The van der Waals surface area contributed by atoms with Crippen molar-refractivity contribution in [2.45, 2.75) is 19.8 Å². The van der Waals surface area contributed by atoms with Crippen LogP contribution in [-0.2, 0) is 4.79 Å². The monoisotopic (exact) mass is 494 g/mol. The van der Waals surface area contributed by atoms with E-state index in [2.05, 4.69) is 45.9 Å². The van der Waals surface area contributed by atoms with Gasteiger partial charge in [-0.15, -0.1) is 0 Å². The van der Waals surface area contributed by atoms with Gasteiger partial charge in [-0.25, -0.2) is 0 Å². The average molecular weight is 495 g/mol. The van der Waals surface area contributed by atoms with Crippen molar-refractivity contribution in [2.24, 2.45) is 0 Å². The zero-order valence-electron chi connectivity index (χ0n) is 16.1. The molecule has 0 saturated heterocycles. The fraction of sp³-hybridized carbons (Fsp3) is 0.211. The molecule has 0 aliphatic rings. The Morgan fingerprint density at radius 2 is 1.93 bits per heavy atom. The molecule has 2 amide bonds. The summed E-state index contributed by atoms with van der Waals surface area (Å²) >= 11 is 8.34. The molecule has 0 spiro atoms. The quantitative estimate of drug-likeness (QED) is 0.320. The van der Waals surface area contributed by atoms with Crippen LogP contribution in [0.4, 0.5) is 5.69 Å². The summed E-state index contributed by atoms with van der Waals surface area (Å²) in [5.74, 6) is -0.310. The van der Waals surface area contributed by atoms with Crippen molar-refractivity contribution in [3.8, 4) is 5.75 Å². The van der Waals surface area contributed by atoms with Gasteiger partial charge < -0.3 is 4.74 Å². The van der Waals surface area contributed by atoms with E-state index in [1.54, 1.807) is 6.07 Å². The largest absolute Gasteiger partial charge is 0.483 e. The number of nitrogens with zero attached hydrogens (tertiary/aromatic N) is 1. The lowest BCUT2D eigenvalue weighted by Gasteiger charge is -2.13. The lowest BCUT2D eigenvalue weighted by molar-refractivity contribution is -0.384. The van der Waals surface area contributed by atoms with Crippen LogP contribution < -0.4 is 20.9 Å². The molecule has 0 bridgehead atoms. The molecule has 3 N–H and O–H groups in total. The number of rotatable bonds is 6. The molecule has 0 unspecified atom stereocenters. The molecule has 11 heteroatoms. The maximum atomic E-state index is 12.1. The standard InChI is InChI=1S/C19H19BrN4O5S/c1-11(2)12-6-7-16(15(20)9-12)29-10-17(25)22-23-19(30)21-18(26)13-4-3-5-14(8-13)24(27)28/h3-9,11H,10H2,1-2H3,(H,22,25)(H2,21,23,26,30). The van der Waals surface area contributed by atoms with Crippen molar-refractivity contribution in [1.29, 1.82) is 0 Å². The molecule has 0 saturated carbocycles. The molecule has 0 aliphatic heterocycles. The van der Waals surface area contributed by atoms with Crippen molar-refractivity contribution in [1.82, 2.24) is 16.2 Å². The maximum Gasteiger partial charge on any atom is 0.276 e. The summed E-state index contributed by atoms with van der Waals surface area (Å²) in [7, 11) is 0. The topological polar surface area (TPSA) is 123 Å². The minimum atomic E-state index is -0.657. The van der Waals surface area contributed by atoms with Gasteiger partial charge in [0.05, 0.1) is 9.40 Å². The second-order valence-electron chi connectivity index (χ2n) is 6.40. The average Bonchev–Trinajstić information content (AvgIpc) is 2.71. The number of carbonyl (C=O) groups is 2.